The summed E-state index contributed by atoms with van der Waals surface area (Å²) in [5.74, 6) is 0.294. The normalized spacial score (nSPS) is 25.1. The molecule has 5 nitrogen and oxygen atoms in total. The molecule has 24 heavy (non-hydrogen) atoms. The van der Waals surface area contributed by atoms with Crippen LogP contribution in [0.25, 0.3) is 0 Å². The molecule has 2 fully saturated rings. The monoisotopic (exact) mass is 344 g/mol. The number of amides is 1. The summed E-state index contributed by atoms with van der Waals surface area (Å²) in [5.41, 5.74) is 0.741. The lowest BCUT2D eigenvalue weighted by Crippen LogP contribution is -2.47. The fourth-order valence-electron chi connectivity index (χ4n) is 4.15. The van der Waals surface area contributed by atoms with Crippen LogP contribution >= 0.6 is 11.3 Å². The Bertz CT molecular complexity index is 752. The lowest BCUT2D eigenvalue weighted by Gasteiger charge is -2.38. The van der Waals surface area contributed by atoms with Crippen molar-refractivity contribution < 1.29 is 4.79 Å². The zero-order valence-electron chi connectivity index (χ0n) is 14.4. The van der Waals surface area contributed by atoms with Gasteiger partial charge in [-0.2, -0.15) is 5.10 Å². The lowest BCUT2D eigenvalue weighted by atomic mass is 9.78. The van der Waals surface area contributed by atoms with E-state index in [1.807, 2.05) is 29.5 Å². The topological polar surface area (TPSA) is 41.4 Å². The molecular weight excluding hydrogens is 320 g/mol. The standard InChI is InChI=1S/C18H24N4OS/c1-14-4-5-16(24-14)12-21-8-3-6-18(13-21)7-9-22(17(18)23)15-10-19-20(2)11-15/h4-5,10-11H,3,6-9,12-13H2,1-2H3/t18-/m0/s1. The number of nitrogens with zero attached hydrogens (tertiary/aromatic N) is 4. The van der Waals surface area contributed by atoms with Crippen LogP contribution in [0.1, 0.15) is 29.0 Å². The average molecular weight is 344 g/mol. The van der Waals surface area contributed by atoms with E-state index in [1.54, 1.807) is 10.9 Å². The molecule has 4 rings (SSSR count). The summed E-state index contributed by atoms with van der Waals surface area (Å²) in [7, 11) is 1.89. The first-order valence-corrected chi connectivity index (χ1v) is 9.46. The molecule has 2 aliphatic heterocycles. The van der Waals surface area contributed by atoms with Crippen LogP contribution in [0.5, 0.6) is 0 Å². The van der Waals surface area contributed by atoms with Gasteiger partial charge in [0, 0.05) is 42.6 Å². The van der Waals surface area contributed by atoms with Crippen LogP contribution in [0, 0.1) is 12.3 Å². The van der Waals surface area contributed by atoms with E-state index in [0.29, 0.717) is 5.91 Å². The molecule has 0 aliphatic carbocycles. The molecule has 2 saturated heterocycles. The average Bonchev–Trinajstić information content (AvgIpc) is 3.23. The number of anilines is 1. The zero-order chi connectivity index (χ0) is 16.7. The predicted molar refractivity (Wildman–Crippen MR) is 96.2 cm³/mol. The Labute approximate surface area is 146 Å². The summed E-state index contributed by atoms with van der Waals surface area (Å²) in [6.45, 7) is 5.92. The van der Waals surface area contributed by atoms with Gasteiger partial charge in [0.25, 0.3) is 0 Å². The number of thiophene rings is 1. The number of hydrogen-bond donors (Lipinski definition) is 0. The highest BCUT2D eigenvalue weighted by atomic mass is 32.1. The van der Waals surface area contributed by atoms with Gasteiger partial charge in [-0.1, -0.05) is 0 Å². The van der Waals surface area contributed by atoms with Crippen LogP contribution in [0.3, 0.4) is 0 Å². The first kappa shape index (κ1) is 15.8. The third-order valence-corrected chi connectivity index (χ3v) is 6.33. The molecule has 0 radical (unpaired) electrons. The van der Waals surface area contributed by atoms with Crippen molar-refractivity contribution in [2.75, 3.05) is 24.5 Å². The van der Waals surface area contributed by atoms with Gasteiger partial charge in [0.1, 0.15) is 0 Å². The van der Waals surface area contributed by atoms with E-state index in [4.69, 9.17) is 0 Å². The number of aryl methyl sites for hydroxylation is 2. The molecule has 0 unspecified atom stereocenters. The van der Waals surface area contributed by atoms with Gasteiger partial charge in [-0.3, -0.25) is 14.4 Å². The van der Waals surface area contributed by atoms with Gasteiger partial charge in [0.15, 0.2) is 0 Å². The number of carbonyl (C=O) groups excluding carboxylic acids is 1. The van der Waals surface area contributed by atoms with E-state index in [-0.39, 0.29) is 5.41 Å². The minimum atomic E-state index is -0.194. The molecule has 0 aromatic carbocycles. The van der Waals surface area contributed by atoms with Crippen LogP contribution in [-0.2, 0) is 18.4 Å². The Balaban J connectivity index is 1.49. The van der Waals surface area contributed by atoms with Crippen LogP contribution in [0.15, 0.2) is 24.5 Å². The third-order valence-electron chi connectivity index (χ3n) is 5.35. The second kappa shape index (κ2) is 6.01. The Morgan fingerprint density at radius 1 is 1.29 bits per heavy atom. The van der Waals surface area contributed by atoms with Crippen molar-refractivity contribution in [1.82, 2.24) is 14.7 Å². The van der Waals surface area contributed by atoms with Gasteiger partial charge >= 0.3 is 0 Å². The van der Waals surface area contributed by atoms with Crippen molar-refractivity contribution in [2.24, 2.45) is 12.5 Å². The summed E-state index contributed by atoms with van der Waals surface area (Å²) < 4.78 is 1.76. The van der Waals surface area contributed by atoms with E-state index >= 15 is 0 Å². The highest BCUT2D eigenvalue weighted by Crippen LogP contribution is 2.42. The van der Waals surface area contributed by atoms with Crippen molar-refractivity contribution in [1.29, 1.82) is 0 Å². The van der Waals surface area contributed by atoms with Gasteiger partial charge in [-0.05, 0) is 44.9 Å². The lowest BCUT2D eigenvalue weighted by molar-refractivity contribution is -0.128. The predicted octanol–water partition coefficient (Wildman–Crippen LogP) is 2.81. The maximum atomic E-state index is 13.2. The van der Waals surface area contributed by atoms with Crippen LogP contribution in [0.2, 0.25) is 0 Å². The number of likely N-dealkylation sites (tertiary alicyclic amines) is 1. The van der Waals surface area contributed by atoms with Crippen molar-refractivity contribution in [3.63, 3.8) is 0 Å². The Morgan fingerprint density at radius 3 is 2.88 bits per heavy atom. The highest BCUT2D eigenvalue weighted by molar-refractivity contribution is 7.11. The molecule has 0 bridgehead atoms. The molecule has 2 aliphatic rings. The van der Waals surface area contributed by atoms with Crippen molar-refractivity contribution >= 4 is 22.9 Å². The number of carbonyl (C=O) groups is 1. The maximum Gasteiger partial charge on any atom is 0.234 e. The molecule has 6 heteroatoms. The SMILES string of the molecule is Cc1ccc(CN2CCC[C@]3(CCN(c4cnn(C)c4)C3=O)C2)s1. The molecule has 128 valence electrons. The van der Waals surface area contributed by atoms with Crippen molar-refractivity contribution in [2.45, 2.75) is 32.7 Å². The quantitative estimate of drug-likeness (QED) is 0.860. The fourth-order valence-corrected chi connectivity index (χ4v) is 5.08. The van der Waals surface area contributed by atoms with Gasteiger partial charge in [0.05, 0.1) is 17.3 Å². The number of rotatable bonds is 3. The summed E-state index contributed by atoms with van der Waals surface area (Å²) in [6, 6.07) is 4.41. The third kappa shape index (κ3) is 2.78. The molecule has 1 atom stereocenters. The van der Waals surface area contributed by atoms with Gasteiger partial charge in [0.2, 0.25) is 5.91 Å². The zero-order valence-corrected chi connectivity index (χ0v) is 15.2. The molecule has 0 saturated carbocycles. The second-order valence-corrected chi connectivity index (χ2v) is 8.56. The molecule has 1 spiro atoms. The minimum absolute atomic E-state index is 0.194. The Hall–Kier alpha value is -1.66. The van der Waals surface area contributed by atoms with E-state index < -0.39 is 0 Å². The number of piperidine rings is 1. The molecule has 2 aromatic heterocycles. The summed E-state index contributed by atoms with van der Waals surface area (Å²) in [4.78, 5) is 20.3. The maximum absolute atomic E-state index is 13.2. The molecular formula is C18H24N4OS. The number of aromatic nitrogens is 2. The van der Waals surface area contributed by atoms with Crippen LogP contribution < -0.4 is 4.90 Å². The molecule has 4 heterocycles. The molecule has 2 aromatic rings. The summed E-state index contributed by atoms with van der Waals surface area (Å²) in [6.07, 6.45) is 6.82. The number of hydrogen-bond acceptors (Lipinski definition) is 4. The van der Waals surface area contributed by atoms with Crippen LogP contribution in [-0.4, -0.2) is 40.2 Å². The van der Waals surface area contributed by atoms with Gasteiger partial charge in [-0.15, -0.1) is 11.3 Å². The highest BCUT2D eigenvalue weighted by Gasteiger charge is 2.49. The second-order valence-electron chi connectivity index (χ2n) is 7.19. The van der Waals surface area contributed by atoms with Gasteiger partial charge < -0.3 is 4.90 Å². The smallest absolute Gasteiger partial charge is 0.234 e. The van der Waals surface area contributed by atoms with Gasteiger partial charge in [-0.25, -0.2) is 0 Å². The summed E-state index contributed by atoms with van der Waals surface area (Å²) >= 11 is 1.87. The minimum Gasteiger partial charge on any atom is -0.309 e. The Morgan fingerprint density at radius 2 is 2.17 bits per heavy atom. The Kier molecular flexibility index (Phi) is 3.96. The summed E-state index contributed by atoms with van der Waals surface area (Å²) in [5, 5.41) is 4.22. The molecule has 1 amide bonds. The van der Waals surface area contributed by atoms with E-state index in [1.165, 1.54) is 9.75 Å². The largest absolute Gasteiger partial charge is 0.309 e. The van der Waals surface area contributed by atoms with E-state index in [0.717, 1.165) is 51.1 Å². The first-order valence-electron chi connectivity index (χ1n) is 8.64. The van der Waals surface area contributed by atoms with E-state index in [9.17, 15) is 4.79 Å². The first-order chi connectivity index (χ1) is 11.6. The van der Waals surface area contributed by atoms with Crippen molar-refractivity contribution in [3.8, 4) is 0 Å². The van der Waals surface area contributed by atoms with Crippen LogP contribution in [0.4, 0.5) is 5.69 Å². The van der Waals surface area contributed by atoms with E-state index in [2.05, 4.69) is 29.1 Å². The fraction of sp³-hybridized carbons (Fsp3) is 0.556. The molecule has 0 N–H and O–H groups in total. The van der Waals surface area contributed by atoms with Crippen molar-refractivity contribution in [3.05, 3.63) is 34.3 Å².